The average molecular weight is 399 g/mol. The van der Waals surface area contributed by atoms with E-state index in [0.717, 1.165) is 22.4 Å². The molecule has 1 unspecified atom stereocenters. The van der Waals surface area contributed by atoms with E-state index >= 15 is 0 Å². The van der Waals surface area contributed by atoms with Crippen LogP contribution < -0.4 is 10.1 Å². The molecule has 0 aliphatic heterocycles. The summed E-state index contributed by atoms with van der Waals surface area (Å²) in [4.78, 5) is 24.3. The third-order valence-corrected chi connectivity index (χ3v) is 4.30. The van der Waals surface area contributed by atoms with E-state index in [1.54, 1.807) is 0 Å². The molecule has 29 heavy (non-hydrogen) atoms. The molecule has 7 heteroatoms. The summed E-state index contributed by atoms with van der Waals surface area (Å²) >= 11 is 0. The van der Waals surface area contributed by atoms with Gasteiger partial charge in [0.2, 0.25) is 0 Å². The summed E-state index contributed by atoms with van der Waals surface area (Å²) in [5, 5.41) is 4.88. The van der Waals surface area contributed by atoms with E-state index < -0.39 is 25.1 Å². The third kappa shape index (κ3) is 5.28. The van der Waals surface area contributed by atoms with Crippen molar-refractivity contribution >= 4 is 22.6 Å². The van der Waals surface area contributed by atoms with Crippen LogP contribution in [0.15, 0.2) is 66.7 Å². The van der Waals surface area contributed by atoms with Crippen LogP contribution in [0.4, 0.5) is 8.78 Å². The van der Waals surface area contributed by atoms with Crippen molar-refractivity contribution in [3.63, 3.8) is 0 Å². The predicted octanol–water partition coefficient (Wildman–Crippen LogP) is 4.48. The highest BCUT2D eigenvalue weighted by atomic mass is 19.3. The second kappa shape index (κ2) is 9.14. The third-order valence-electron chi connectivity index (χ3n) is 4.30. The van der Waals surface area contributed by atoms with Gasteiger partial charge in [0.25, 0.3) is 5.91 Å². The fourth-order valence-corrected chi connectivity index (χ4v) is 3.00. The maximum absolute atomic E-state index is 12.3. The lowest BCUT2D eigenvalue weighted by Crippen LogP contribution is -2.31. The van der Waals surface area contributed by atoms with E-state index in [1.807, 2.05) is 49.4 Å². The average Bonchev–Trinajstić information content (AvgIpc) is 2.71. The molecular formula is C22H19F2NO4. The van der Waals surface area contributed by atoms with Gasteiger partial charge in [0.15, 0.2) is 6.61 Å². The second-order valence-electron chi connectivity index (χ2n) is 6.34. The molecule has 3 aromatic rings. The SMILES string of the molecule is CC(NC(=O)COC(=O)c1cccc(OC(F)F)c1)c1cccc2ccccc12. The Morgan fingerprint density at radius 1 is 1.00 bits per heavy atom. The van der Waals surface area contributed by atoms with Crippen molar-refractivity contribution in [2.75, 3.05) is 6.61 Å². The molecule has 0 aliphatic carbocycles. The Bertz CT molecular complexity index is 1020. The largest absolute Gasteiger partial charge is 0.452 e. The van der Waals surface area contributed by atoms with Crippen LogP contribution in [0, 0.1) is 0 Å². The van der Waals surface area contributed by atoms with E-state index in [4.69, 9.17) is 4.74 Å². The maximum atomic E-state index is 12.3. The van der Waals surface area contributed by atoms with Crippen molar-refractivity contribution in [2.45, 2.75) is 19.6 Å². The molecule has 0 saturated carbocycles. The molecule has 0 spiro atoms. The smallest absolute Gasteiger partial charge is 0.387 e. The van der Waals surface area contributed by atoms with Crippen molar-refractivity contribution in [3.8, 4) is 5.75 Å². The quantitative estimate of drug-likeness (QED) is 0.595. The molecule has 0 aromatic heterocycles. The normalized spacial score (nSPS) is 11.9. The zero-order valence-corrected chi connectivity index (χ0v) is 15.6. The summed E-state index contributed by atoms with van der Waals surface area (Å²) in [5.41, 5.74) is 0.956. The van der Waals surface area contributed by atoms with Crippen LogP contribution in [0.2, 0.25) is 0 Å². The molecule has 0 aliphatic rings. The summed E-state index contributed by atoms with van der Waals surface area (Å²) < 4.78 is 33.8. The zero-order chi connectivity index (χ0) is 20.8. The van der Waals surface area contributed by atoms with Gasteiger partial charge < -0.3 is 14.8 Å². The molecule has 0 heterocycles. The Labute approximate surface area is 166 Å². The van der Waals surface area contributed by atoms with Gasteiger partial charge in [-0.05, 0) is 41.5 Å². The van der Waals surface area contributed by atoms with Gasteiger partial charge in [-0.3, -0.25) is 4.79 Å². The highest BCUT2D eigenvalue weighted by Gasteiger charge is 2.15. The minimum Gasteiger partial charge on any atom is -0.452 e. The molecule has 1 amide bonds. The van der Waals surface area contributed by atoms with Crippen LogP contribution in [0.1, 0.15) is 28.9 Å². The number of halogens is 2. The number of esters is 1. The van der Waals surface area contributed by atoms with E-state index in [2.05, 4.69) is 10.1 Å². The topological polar surface area (TPSA) is 64.6 Å². The highest BCUT2D eigenvalue weighted by Crippen LogP contribution is 2.24. The van der Waals surface area contributed by atoms with Gasteiger partial charge in [0, 0.05) is 0 Å². The Balaban J connectivity index is 1.59. The predicted molar refractivity (Wildman–Crippen MR) is 104 cm³/mol. The number of rotatable bonds is 7. The number of nitrogens with one attached hydrogen (secondary N) is 1. The number of benzene rings is 3. The molecule has 1 N–H and O–H groups in total. The number of carbonyl (C=O) groups is 2. The van der Waals surface area contributed by atoms with Gasteiger partial charge in [0.1, 0.15) is 5.75 Å². The lowest BCUT2D eigenvalue weighted by atomic mass is 10.00. The van der Waals surface area contributed by atoms with Gasteiger partial charge in [-0.1, -0.05) is 48.5 Å². The monoisotopic (exact) mass is 399 g/mol. The minimum atomic E-state index is -3.00. The zero-order valence-electron chi connectivity index (χ0n) is 15.6. The summed E-state index contributed by atoms with van der Waals surface area (Å²) in [7, 11) is 0. The highest BCUT2D eigenvalue weighted by molar-refractivity contribution is 5.92. The lowest BCUT2D eigenvalue weighted by Gasteiger charge is -2.16. The van der Waals surface area contributed by atoms with Gasteiger partial charge in [-0.2, -0.15) is 8.78 Å². The van der Waals surface area contributed by atoms with E-state index in [0.29, 0.717) is 0 Å². The molecule has 0 fully saturated rings. The summed E-state index contributed by atoms with van der Waals surface area (Å²) in [6.07, 6.45) is 0. The van der Waals surface area contributed by atoms with Crippen molar-refractivity contribution in [2.24, 2.45) is 0 Å². The first-order valence-corrected chi connectivity index (χ1v) is 8.93. The van der Waals surface area contributed by atoms with Gasteiger partial charge in [0.05, 0.1) is 11.6 Å². The van der Waals surface area contributed by atoms with Crippen molar-refractivity contribution < 1.29 is 27.8 Å². The van der Waals surface area contributed by atoms with E-state index in [9.17, 15) is 18.4 Å². The van der Waals surface area contributed by atoms with Gasteiger partial charge >= 0.3 is 12.6 Å². The van der Waals surface area contributed by atoms with Crippen LogP contribution in [-0.4, -0.2) is 25.1 Å². The molecular weight excluding hydrogens is 380 g/mol. The molecule has 0 saturated heterocycles. The fourth-order valence-electron chi connectivity index (χ4n) is 3.00. The lowest BCUT2D eigenvalue weighted by molar-refractivity contribution is -0.124. The number of carbonyl (C=O) groups excluding carboxylic acids is 2. The minimum absolute atomic E-state index is 0.0121. The fraction of sp³-hybridized carbons (Fsp3) is 0.182. The van der Waals surface area contributed by atoms with Crippen molar-refractivity contribution in [1.29, 1.82) is 0 Å². The van der Waals surface area contributed by atoms with E-state index in [-0.39, 0.29) is 17.4 Å². The number of alkyl halides is 2. The van der Waals surface area contributed by atoms with Crippen LogP contribution in [0.5, 0.6) is 5.75 Å². The number of amides is 1. The number of hydrogen-bond acceptors (Lipinski definition) is 4. The molecule has 3 rings (SSSR count). The standard InChI is InChI=1S/C22H19F2NO4/c1-14(18-11-5-7-15-6-2-3-10-19(15)18)25-20(26)13-28-21(27)16-8-4-9-17(12-16)29-22(23)24/h2-12,14,22H,13H2,1H3,(H,25,26). The summed E-state index contributed by atoms with van der Waals surface area (Å²) in [6.45, 7) is -1.65. The first kappa shape index (κ1) is 20.3. The Morgan fingerprint density at radius 2 is 1.72 bits per heavy atom. The van der Waals surface area contributed by atoms with Crippen molar-refractivity contribution in [1.82, 2.24) is 5.32 Å². The number of hydrogen-bond donors (Lipinski definition) is 1. The van der Waals surface area contributed by atoms with Crippen molar-refractivity contribution in [3.05, 3.63) is 77.9 Å². The Morgan fingerprint density at radius 3 is 2.52 bits per heavy atom. The molecule has 0 radical (unpaired) electrons. The second-order valence-corrected chi connectivity index (χ2v) is 6.34. The molecule has 150 valence electrons. The van der Waals surface area contributed by atoms with Gasteiger partial charge in [-0.15, -0.1) is 0 Å². The Kier molecular flexibility index (Phi) is 6.39. The molecule has 3 aromatic carbocycles. The Hall–Kier alpha value is -3.48. The van der Waals surface area contributed by atoms with Crippen LogP contribution in [0.25, 0.3) is 10.8 Å². The summed E-state index contributed by atoms with van der Waals surface area (Å²) in [6, 6.07) is 18.5. The number of fused-ring (bicyclic) bond motifs is 1. The molecule has 0 bridgehead atoms. The van der Waals surface area contributed by atoms with E-state index in [1.165, 1.54) is 18.2 Å². The van der Waals surface area contributed by atoms with Crippen LogP contribution >= 0.6 is 0 Å². The summed E-state index contributed by atoms with van der Waals surface area (Å²) in [5.74, 6) is -1.44. The van der Waals surface area contributed by atoms with Gasteiger partial charge in [-0.25, -0.2) is 4.79 Å². The molecule has 5 nitrogen and oxygen atoms in total. The molecule has 1 atom stereocenters. The number of ether oxygens (including phenoxy) is 2. The van der Waals surface area contributed by atoms with Crippen LogP contribution in [-0.2, 0) is 9.53 Å². The van der Waals surface area contributed by atoms with Crippen LogP contribution in [0.3, 0.4) is 0 Å². The first-order chi connectivity index (χ1) is 13.9. The maximum Gasteiger partial charge on any atom is 0.387 e. The first-order valence-electron chi connectivity index (χ1n) is 8.93.